The van der Waals surface area contributed by atoms with Crippen LogP contribution in [-0.4, -0.2) is 49.3 Å². The number of phosphoric ester groups is 1. The summed E-state index contributed by atoms with van der Waals surface area (Å²) < 4.78 is 32.8. The van der Waals surface area contributed by atoms with Gasteiger partial charge in [-0.15, -0.1) is 0 Å². The number of esters is 2. The molecule has 0 rings (SSSR count). The van der Waals surface area contributed by atoms with Crippen molar-refractivity contribution < 1.29 is 37.6 Å². The molecule has 0 aromatic heterocycles. The smallest absolute Gasteiger partial charge is 0.462 e. The standard InChI is InChI=1S/C48H84NO8P/c1-3-5-7-9-11-13-15-17-19-21-23-25-27-29-31-33-35-37-39-41-48(51)57-46(45-56-58(52,53)55-43-42-49)44-54-47(50)40-38-36-34-32-30-28-26-24-22-20-18-16-14-12-10-8-6-4-2/h5,7,11,13,17,19-20,22-23,25,29,31,46H,3-4,6,8-10,12,14-16,18,21,24,26-28,30,32-45,49H2,1-2H3,(H,52,53)/b7-5-,13-11-,19-17-,22-20-,25-23-,31-29-. The van der Waals surface area contributed by atoms with Gasteiger partial charge in [-0.2, -0.15) is 0 Å². The molecule has 0 fully saturated rings. The Labute approximate surface area is 354 Å². The van der Waals surface area contributed by atoms with E-state index in [1.165, 1.54) is 70.6 Å². The Morgan fingerprint density at radius 3 is 1.45 bits per heavy atom. The third-order valence-electron chi connectivity index (χ3n) is 9.33. The number of ether oxygens (including phenoxy) is 2. The van der Waals surface area contributed by atoms with E-state index in [4.69, 9.17) is 24.3 Å². The Morgan fingerprint density at radius 2 is 0.948 bits per heavy atom. The zero-order chi connectivity index (χ0) is 42.5. The second-order valence-electron chi connectivity index (χ2n) is 14.9. The quantitative estimate of drug-likeness (QED) is 0.0267. The fraction of sp³-hybridized carbons (Fsp3) is 0.708. The lowest BCUT2D eigenvalue weighted by Gasteiger charge is -2.19. The van der Waals surface area contributed by atoms with Gasteiger partial charge in [0.2, 0.25) is 0 Å². The van der Waals surface area contributed by atoms with Crippen LogP contribution in [0.5, 0.6) is 0 Å². The average Bonchev–Trinajstić information content (AvgIpc) is 3.21. The van der Waals surface area contributed by atoms with Crippen LogP contribution in [0.1, 0.15) is 187 Å². The molecule has 0 saturated heterocycles. The molecule has 0 aromatic carbocycles. The van der Waals surface area contributed by atoms with Gasteiger partial charge in [-0.05, 0) is 83.5 Å². The first kappa shape index (κ1) is 55.5. The third-order valence-corrected chi connectivity index (χ3v) is 10.3. The van der Waals surface area contributed by atoms with E-state index in [0.717, 1.165) is 83.5 Å². The number of hydrogen-bond donors (Lipinski definition) is 2. The Balaban J connectivity index is 4.21. The highest BCUT2D eigenvalue weighted by atomic mass is 31.2. The molecular formula is C48H84NO8P. The van der Waals surface area contributed by atoms with Gasteiger partial charge >= 0.3 is 19.8 Å². The van der Waals surface area contributed by atoms with Crippen LogP contribution in [0.25, 0.3) is 0 Å². The number of nitrogens with two attached hydrogens (primary N) is 1. The number of allylic oxidation sites excluding steroid dienone is 12. The molecule has 0 bridgehead atoms. The molecular weight excluding hydrogens is 750 g/mol. The van der Waals surface area contributed by atoms with Crippen molar-refractivity contribution in [2.45, 2.75) is 193 Å². The molecule has 2 unspecified atom stereocenters. The van der Waals surface area contributed by atoms with Crippen molar-refractivity contribution in [3.63, 3.8) is 0 Å². The first-order valence-corrected chi connectivity index (χ1v) is 24.4. The number of rotatable bonds is 42. The minimum Gasteiger partial charge on any atom is -0.462 e. The molecule has 0 spiro atoms. The monoisotopic (exact) mass is 834 g/mol. The van der Waals surface area contributed by atoms with Gasteiger partial charge in [0.05, 0.1) is 13.2 Å². The number of carbonyl (C=O) groups is 2. The maximum atomic E-state index is 12.6. The fourth-order valence-electron chi connectivity index (χ4n) is 5.95. The Morgan fingerprint density at radius 1 is 0.534 bits per heavy atom. The largest absolute Gasteiger partial charge is 0.472 e. The van der Waals surface area contributed by atoms with Crippen molar-refractivity contribution in [2.75, 3.05) is 26.4 Å². The lowest BCUT2D eigenvalue weighted by Crippen LogP contribution is -2.29. The first-order valence-electron chi connectivity index (χ1n) is 22.9. The lowest BCUT2D eigenvalue weighted by molar-refractivity contribution is -0.161. The number of phosphoric acid groups is 1. The Bertz CT molecular complexity index is 1180. The molecule has 0 heterocycles. The molecule has 0 aliphatic heterocycles. The van der Waals surface area contributed by atoms with Gasteiger partial charge in [0, 0.05) is 19.4 Å². The van der Waals surface area contributed by atoms with E-state index >= 15 is 0 Å². The highest BCUT2D eigenvalue weighted by Crippen LogP contribution is 2.43. The van der Waals surface area contributed by atoms with E-state index in [1.807, 2.05) is 0 Å². The van der Waals surface area contributed by atoms with Gasteiger partial charge in [-0.1, -0.05) is 164 Å². The van der Waals surface area contributed by atoms with Crippen molar-refractivity contribution in [1.82, 2.24) is 0 Å². The number of carbonyl (C=O) groups excluding carboxylic acids is 2. The molecule has 0 aliphatic carbocycles. The van der Waals surface area contributed by atoms with Crippen LogP contribution in [0, 0.1) is 0 Å². The molecule has 334 valence electrons. The van der Waals surface area contributed by atoms with Gasteiger partial charge < -0.3 is 20.1 Å². The highest BCUT2D eigenvalue weighted by molar-refractivity contribution is 7.47. The summed E-state index contributed by atoms with van der Waals surface area (Å²) in [5, 5.41) is 0. The minimum absolute atomic E-state index is 0.0437. The van der Waals surface area contributed by atoms with Gasteiger partial charge in [0.15, 0.2) is 6.10 Å². The van der Waals surface area contributed by atoms with Gasteiger partial charge in [0.1, 0.15) is 6.61 Å². The predicted molar refractivity (Wildman–Crippen MR) is 242 cm³/mol. The molecule has 9 nitrogen and oxygen atoms in total. The normalized spacial score (nSPS) is 13.9. The first-order chi connectivity index (χ1) is 28.3. The molecule has 10 heteroatoms. The van der Waals surface area contributed by atoms with Crippen molar-refractivity contribution in [1.29, 1.82) is 0 Å². The molecule has 0 aliphatic rings. The molecule has 0 amide bonds. The van der Waals surface area contributed by atoms with Gasteiger partial charge in [-0.3, -0.25) is 18.6 Å². The van der Waals surface area contributed by atoms with Crippen LogP contribution in [0.15, 0.2) is 72.9 Å². The summed E-state index contributed by atoms with van der Waals surface area (Å²) in [5.74, 6) is -0.874. The van der Waals surface area contributed by atoms with Crippen LogP contribution >= 0.6 is 7.82 Å². The summed E-state index contributed by atoms with van der Waals surface area (Å²) in [4.78, 5) is 34.9. The van der Waals surface area contributed by atoms with Gasteiger partial charge in [0.25, 0.3) is 0 Å². The molecule has 0 radical (unpaired) electrons. The average molecular weight is 834 g/mol. The fourth-order valence-corrected chi connectivity index (χ4v) is 6.71. The van der Waals surface area contributed by atoms with Crippen molar-refractivity contribution in [3.05, 3.63) is 72.9 Å². The van der Waals surface area contributed by atoms with E-state index in [0.29, 0.717) is 6.42 Å². The molecule has 0 aromatic rings. The van der Waals surface area contributed by atoms with E-state index in [-0.39, 0.29) is 32.6 Å². The number of unbranched alkanes of at least 4 members (excludes halogenated alkanes) is 17. The van der Waals surface area contributed by atoms with Crippen LogP contribution < -0.4 is 5.73 Å². The SMILES string of the molecule is CC/C=C\C/C=C\C/C=C\C/C=C\C/C=C\CCCCCC(=O)OC(COC(=O)CCCCCCCCC/C=C\CCCCCCCCC)COP(=O)(O)OCCN. The molecule has 2 atom stereocenters. The van der Waals surface area contributed by atoms with Gasteiger partial charge in [-0.25, -0.2) is 4.57 Å². The van der Waals surface area contributed by atoms with Crippen LogP contribution in [0.2, 0.25) is 0 Å². The van der Waals surface area contributed by atoms with Crippen molar-refractivity contribution in [3.8, 4) is 0 Å². The lowest BCUT2D eigenvalue weighted by atomic mass is 10.1. The maximum Gasteiger partial charge on any atom is 0.472 e. The summed E-state index contributed by atoms with van der Waals surface area (Å²) in [6, 6.07) is 0. The van der Waals surface area contributed by atoms with Crippen LogP contribution in [0.3, 0.4) is 0 Å². The zero-order valence-corrected chi connectivity index (χ0v) is 37.6. The van der Waals surface area contributed by atoms with E-state index in [2.05, 4.69) is 86.8 Å². The minimum atomic E-state index is -4.39. The topological polar surface area (TPSA) is 134 Å². The summed E-state index contributed by atoms with van der Waals surface area (Å²) in [6.45, 7) is 3.57. The summed E-state index contributed by atoms with van der Waals surface area (Å²) in [7, 11) is -4.39. The maximum absolute atomic E-state index is 12.6. The van der Waals surface area contributed by atoms with E-state index in [1.54, 1.807) is 0 Å². The van der Waals surface area contributed by atoms with E-state index in [9.17, 15) is 19.0 Å². The summed E-state index contributed by atoms with van der Waals surface area (Å²) >= 11 is 0. The highest BCUT2D eigenvalue weighted by Gasteiger charge is 2.26. The molecule has 3 N–H and O–H groups in total. The summed E-state index contributed by atoms with van der Waals surface area (Å²) in [6.07, 6.45) is 53.6. The van der Waals surface area contributed by atoms with Crippen LogP contribution in [0.4, 0.5) is 0 Å². The van der Waals surface area contributed by atoms with Crippen molar-refractivity contribution >= 4 is 19.8 Å². The second-order valence-corrected chi connectivity index (χ2v) is 16.3. The predicted octanol–water partition coefficient (Wildman–Crippen LogP) is 13.4. The van der Waals surface area contributed by atoms with E-state index < -0.39 is 32.5 Å². The second kappa shape index (κ2) is 44.0. The molecule has 0 saturated carbocycles. The summed E-state index contributed by atoms with van der Waals surface area (Å²) in [5.41, 5.74) is 5.35. The Hall–Kier alpha value is -2.55. The Kier molecular flexibility index (Phi) is 42.1. The zero-order valence-electron chi connectivity index (χ0n) is 36.8. The third kappa shape index (κ3) is 43.0. The van der Waals surface area contributed by atoms with Crippen molar-refractivity contribution in [2.24, 2.45) is 5.73 Å². The number of hydrogen-bond acceptors (Lipinski definition) is 8. The molecule has 58 heavy (non-hydrogen) atoms. The van der Waals surface area contributed by atoms with Crippen LogP contribution in [-0.2, 0) is 32.7 Å².